The lowest BCUT2D eigenvalue weighted by Crippen LogP contribution is -2.33. The Labute approximate surface area is 294 Å². The van der Waals surface area contributed by atoms with Gasteiger partial charge in [0.05, 0.1) is 25.9 Å². The van der Waals surface area contributed by atoms with Crippen molar-refractivity contribution in [2.75, 3.05) is 30.6 Å². The van der Waals surface area contributed by atoms with Gasteiger partial charge in [-0.1, -0.05) is 0 Å². The Balaban J connectivity index is 1.01. The number of phosphoric acid groups is 2. The first kappa shape index (κ1) is 39.7. The summed E-state index contributed by atoms with van der Waals surface area (Å²) in [6, 6.07) is 0. The average Bonchev–Trinajstić information content (AvgIpc) is 3.80. The summed E-state index contributed by atoms with van der Waals surface area (Å²) in [5, 5.41) is 41.9. The lowest BCUT2D eigenvalue weighted by Gasteiger charge is -2.22. The highest BCUT2D eigenvalue weighted by Crippen LogP contribution is 2.70. The molecular formula is C21H30N10O18P4. The number of nitrogen functional groups attached to an aromatic ring is 2. The molecule has 2 fully saturated rings. The van der Waals surface area contributed by atoms with E-state index < -0.39 is 99.0 Å². The number of rotatable bonds is 14. The molecule has 0 aliphatic carbocycles. The van der Waals surface area contributed by atoms with Gasteiger partial charge in [0.15, 0.2) is 41.3 Å². The van der Waals surface area contributed by atoms with Gasteiger partial charge in [0, 0.05) is 0 Å². The third-order valence-electron chi connectivity index (χ3n) is 7.62. The molecular weight excluding hydrogens is 804 g/mol. The Kier molecular flexibility index (Phi) is 11.0. The maximum atomic E-state index is 12.6. The smallest absolute Gasteiger partial charge is 0.387 e. The minimum absolute atomic E-state index is 0.00238. The number of aromatic nitrogens is 8. The van der Waals surface area contributed by atoms with Crippen LogP contribution in [0.2, 0.25) is 0 Å². The molecule has 292 valence electrons. The minimum atomic E-state index is -5.69. The summed E-state index contributed by atoms with van der Waals surface area (Å²) in [5.74, 6) is -2.05. The highest BCUT2D eigenvalue weighted by Gasteiger charge is 2.49. The van der Waals surface area contributed by atoms with E-state index >= 15 is 0 Å². The van der Waals surface area contributed by atoms with E-state index in [0.717, 1.165) is 25.3 Å². The third kappa shape index (κ3) is 8.50. The Morgan fingerprint density at radius 2 is 1.00 bits per heavy atom. The quantitative estimate of drug-likeness (QED) is 0.0595. The van der Waals surface area contributed by atoms with Gasteiger partial charge in [-0.3, -0.25) is 27.3 Å². The van der Waals surface area contributed by atoms with Gasteiger partial charge in [-0.05, 0) is 0 Å². The Bertz CT molecular complexity index is 2040. The summed E-state index contributed by atoms with van der Waals surface area (Å²) in [6.45, 7) is -2.11. The van der Waals surface area contributed by atoms with Gasteiger partial charge in [-0.25, -0.2) is 47.7 Å². The standard InChI is InChI=1S/C21H30N10O18P4/c22-16-10-18(26-3-24-16)30(5-28-10)20-14(34)12(32)8(46-20)1-44-52(40,41)48-50(36,37)7-51(38,39)49-53(42,43)45-2-9-13(33)15(35)21(47-9)31-6-29-11-17(23)25-4-27-19(11)31/h3-6,8-9,12-15,20-21,32-35H,1-2,7H2,(H,36,37)(H,38,39)(H,40,41)(H,42,43)(H2,22,24,26)(H2,23,25,27)/t8-,9-,12-,13-,14-,15-,20-,21-/m0/s1. The first-order valence-corrected chi connectivity index (χ1v) is 21.1. The highest BCUT2D eigenvalue weighted by molar-refractivity contribution is 7.76. The molecule has 6 rings (SSSR count). The average molecular weight is 834 g/mol. The first-order valence-electron chi connectivity index (χ1n) is 14.6. The predicted molar refractivity (Wildman–Crippen MR) is 170 cm³/mol. The van der Waals surface area contributed by atoms with Crippen molar-refractivity contribution in [3.63, 3.8) is 0 Å². The van der Waals surface area contributed by atoms with Crippen molar-refractivity contribution in [1.29, 1.82) is 0 Å². The molecule has 12 N–H and O–H groups in total. The first-order chi connectivity index (χ1) is 24.7. The number of imidazole rings is 2. The molecule has 28 nitrogen and oxygen atoms in total. The van der Waals surface area contributed by atoms with Gasteiger partial charge in [0.25, 0.3) is 0 Å². The second-order valence-electron chi connectivity index (χ2n) is 11.4. The molecule has 53 heavy (non-hydrogen) atoms. The van der Waals surface area contributed by atoms with Crippen LogP contribution in [0.4, 0.5) is 11.6 Å². The lowest BCUT2D eigenvalue weighted by molar-refractivity contribution is -0.0502. The number of hydrogen-bond acceptors (Lipinski definition) is 22. The minimum Gasteiger partial charge on any atom is -0.387 e. The Morgan fingerprint density at radius 3 is 1.38 bits per heavy atom. The molecule has 0 radical (unpaired) electrons. The maximum Gasteiger partial charge on any atom is 0.479 e. The van der Waals surface area contributed by atoms with Crippen molar-refractivity contribution < 1.29 is 85.4 Å². The van der Waals surface area contributed by atoms with Crippen molar-refractivity contribution >= 4 is 64.8 Å². The number of aliphatic hydroxyl groups excluding tert-OH is 4. The van der Waals surface area contributed by atoms with E-state index in [-0.39, 0.29) is 34.0 Å². The van der Waals surface area contributed by atoms with Crippen LogP contribution in [-0.2, 0) is 45.4 Å². The van der Waals surface area contributed by atoms with Crippen molar-refractivity contribution in [3.05, 3.63) is 25.3 Å². The fourth-order valence-electron chi connectivity index (χ4n) is 5.29. The van der Waals surface area contributed by atoms with Crippen molar-refractivity contribution in [3.8, 4) is 0 Å². The summed E-state index contributed by atoms with van der Waals surface area (Å²) in [6.07, 6.45) is -8.28. The fourth-order valence-corrected chi connectivity index (χ4v) is 12.1. The number of fused-ring (bicyclic) bond motifs is 2. The number of nitrogens with two attached hydrogens (primary N) is 2. The maximum absolute atomic E-state index is 12.6. The molecule has 0 saturated carbocycles. The predicted octanol–water partition coefficient (Wildman–Crippen LogP) is -2.34. The van der Waals surface area contributed by atoms with Gasteiger partial charge in [-0.15, -0.1) is 0 Å². The van der Waals surface area contributed by atoms with Crippen LogP contribution in [0.5, 0.6) is 0 Å². The molecule has 4 aromatic rings. The van der Waals surface area contributed by atoms with E-state index in [1.165, 1.54) is 9.13 Å². The summed E-state index contributed by atoms with van der Waals surface area (Å²) in [4.78, 5) is 63.7. The molecule has 2 aliphatic rings. The van der Waals surface area contributed by atoms with Crippen LogP contribution in [-0.4, -0.2) is 135 Å². The largest absolute Gasteiger partial charge is 0.479 e. The van der Waals surface area contributed by atoms with Gasteiger partial charge in [0.2, 0.25) is 0 Å². The van der Waals surface area contributed by atoms with Gasteiger partial charge in [-0.2, -0.15) is 0 Å². The van der Waals surface area contributed by atoms with E-state index in [1.54, 1.807) is 0 Å². The molecule has 0 aromatic carbocycles. The number of hydrogen-bond donors (Lipinski definition) is 10. The van der Waals surface area contributed by atoms with Crippen LogP contribution in [0.25, 0.3) is 22.3 Å². The third-order valence-corrected chi connectivity index (χ3v) is 15.1. The topological polar surface area (TPSA) is 425 Å². The second kappa shape index (κ2) is 14.6. The van der Waals surface area contributed by atoms with Gasteiger partial charge < -0.3 is 60.9 Å². The summed E-state index contributed by atoms with van der Waals surface area (Å²) >= 11 is 0. The zero-order valence-electron chi connectivity index (χ0n) is 26.2. The fraction of sp³-hybridized carbons (Fsp3) is 0.524. The SMILES string of the molecule is Nc1ncnc2c1ncn2[C@H]1O[C@@H](COP(=O)(O)OP(=O)(O)CP(=O)(O)OP(=O)(O)OC[C@@H]2O[C@H](n3cnc4c(N)ncnc43)[C@@H](O)[C@H]2O)[C@H](O)[C@@H]1O. The van der Waals surface area contributed by atoms with Gasteiger partial charge in [0.1, 0.15) is 60.3 Å². The summed E-state index contributed by atoms with van der Waals surface area (Å²) < 4.78 is 81.0. The molecule has 6 heterocycles. The molecule has 0 amide bonds. The molecule has 32 heteroatoms. The van der Waals surface area contributed by atoms with E-state index in [2.05, 4.69) is 47.6 Å². The highest BCUT2D eigenvalue weighted by atomic mass is 31.3. The normalized spacial score (nSPS) is 30.9. The van der Waals surface area contributed by atoms with Crippen molar-refractivity contribution in [2.24, 2.45) is 0 Å². The number of ether oxygens (including phenoxy) is 2. The van der Waals surface area contributed by atoms with Crippen LogP contribution < -0.4 is 11.5 Å². The molecule has 12 atom stereocenters. The second-order valence-corrected chi connectivity index (χ2v) is 18.7. The summed E-state index contributed by atoms with van der Waals surface area (Å²) in [7, 11) is -22.7. The Hall–Kier alpha value is -2.94. The summed E-state index contributed by atoms with van der Waals surface area (Å²) in [5.41, 5.74) is 11.9. The van der Waals surface area contributed by atoms with Crippen LogP contribution in [0.1, 0.15) is 12.5 Å². The van der Waals surface area contributed by atoms with Crippen molar-refractivity contribution in [2.45, 2.75) is 49.1 Å². The lowest BCUT2D eigenvalue weighted by atomic mass is 10.1. The zero-order valence-corrected chi connectivity index (χ0v) is 29.8. The Morgan fingerprint density at radius 1 is 0.623 bits per heavy atom. The van der Waals surface area contributed by atoms with E-state index in [4.69, 9.17) is 20.9 Å². The van der Waals surface area contributed by atoms with E-state index in [9.17, 15) is 58.3 Å². The molecule has 0 spiro atoms. The molecule has 4 aromatic heterocycles. The molecule has 2 saturated heterocycles. The van der Waals surface area contributed by atoms with Crippen LogP contribution >= 0.6 is 30.8 Å². The van der Waals surface area contributed by atoms with E-state index in [1.807, 2.05) is 0 Å². The van der Waals surface area contributed by atoms with Crippen LogP contribution in [0.15, 0.2) is 25.3 Å². The van der Waals surface area contributed by atoms with Crippen molar-refractivity contribution in [1.82, 2.24) is 39.0 Å². The van der Waals surface area contributed by atoms with Crippen LogP contribution in [0.3, 0.4) is 0 Å². The number of anilines is 2. The number of phosphoric ester groups is 2. The molecule has 4 unspecified atom stereocenters. The van der Waals surface area contributed by atoms with Gasteiger partial charge >= 0.3 is 30.8 Å². The van der Waals surface area contributed by atoms with E-state index in [0.29, 0.717) is 0 Å². The number of nitrogens with zero attached hydrogens (tertiary/aromatic N) is 8. The van der Waals surface area contributed by atoms with Crippen LogP contribution in [0, 0.1) is 0 Å². The number of aliphatic hydroxyl groups is 4. The monoisotopic (exact) mass is 834 g/mol. The zero-order chi connectivity index (χ0) is 38.7. The molecule has 0 bridgehead atoms. The molecule has 2 aliphatic heterocycles.